The molecule has 4 heteroatoms. The lowest BCUT2D eigenvalue weighted by Crippen LogP contribution is -2.57. The molecular weight excluding hydrogens is 228 g/mol. The highest BCUT2D eigenvalue weighted by molar-refractivity contribution is 5.70. The number of fused-ring (bicyclic) bond motifs is 1. The van der Waals surface area contributed by atoms with E-state index < -0.39 is 0 Å². The Hall–Kier alpha value is -0.770. The summed E-state index contributed by atoms with van der Waals surface area (Å²) in [7, 11) is 0. The first-order chi connectivity index (χ1) is 8.48. The molecule has 2 fully saturated rings. The number of cyclic esters (lactones) is 1. The molecular formula is C14H30N2O2. The van der Waals surface area contributed by atoms with Gasteiger partial charge in [0.15, 0.2) is 0 Å². The molecule has 0 aromatic heterocycles. The van der Waals surface area contributed by atoms with Gasteiger partial charge in [-0.3, -0.25) is 9.80 Å². The van der Waals surface area contributed by atoms with Gasteiger partial charge in [0.05, 0.1) is 6.04 Å². The number of hydrogen-bond acceptors (Lipinski definition) is 3. The van der Waals surface area contributed by atoms with Crippen molar-refractivity contribution in [3.05, 3.63) is 0 Å². The van der Waals surface area contributed by atoms with E-state index in [0.29, 0.717) is 6.61 Å². The van der Waals surface area contributed by atoms with Crippen molar-refractivity contribution in [3.8, 4) is 0 Å². The third kappa shape index (κ3) is 4.16. The first-order valence-electron chi connectivity index (χ1n) is 7.17. The number of amides is 1. The van der Waals surface area contributed by atoms with Gasteiger partial charge in [-0.2, -0.15) is 0 Å². The Labute approximate surface area is 112 Å². The third-order valence-corrected chi connectivity index (χ3v) is 3.07. The average molecular weight is 258 g/mol. The molecule has 108 valence electrons. The summed E-state index contributed by atoms with van der Waals surface area (Å²) in [5.74, 6) is 0. The summed E-state index contributed by atoms with van der Waals surface area (Å²) in [5, 5.41) is 0. The molecule has 2 aliphatic heterocycles. The molecule has 0 aromatic carbocycles. The lowest BCUT2D eigenvalue weighted by Gasteiger charge is -2.43. The SMILES string of the molecule is CC.CC.CC(C)(C)N1CCN2C(=O)OC[C@@H]2C1. The van der Waals surface area contributed by atoms with Crippen molar-refractivity contribution in [2.75, 3.05) is 26.2 Å². The number of piperazine rings is 1. The molecule has 0 N–H and O–H groups in total. The molecule has 1 atom stereocenters. The largest absolute Gasteiger partial charge is 0.447 e. The lowest BCUT2D eigenvalue weighted by molar-refractivity contribution is 0.0558. The van der Waals surface area contributed by atoms with E-state index in [4.69, 9.17) is 4.74 Å². The monoisotopic (exact) mass is 258 g/mol. The molecule has 2 rings (SSSR count). The van der Waals surface area contributed by atoms with Gasteiger partial charge in [-0.15, -0.1) is 0 Å². The van der Waals surface area contributed by atoms with Crippen LogP contribution in [0.25, 0.3) is 0 Å². The summed E-state index contributed by atoms with van der Waals surface area (Å²) < 4.78 is 5.02. The molecule has 0 aromatic rings. The van der Waals surface area contributed by atoms with E-state index in [9.17, 15) is 4.79 Å². The lowest BCUT2D eigenvalue weighted by atomic mass is 10.0. The molecule has 0 saturated carbocycles. The molecule has 1 amide bonds. The van der Waals surface area contributed by atoms with Crippen molar-refractivity contribution < 1.29 is 9.53 Å². The van der Waals surface area contributed by atoms with Gasteiger partial charge in [-0.1, -0.05) is 27.7 Å². The van der Waals surface area contributed by atoms with Crippen LogP contribution in [0.15, 0.2) is 0 Å². The van der Waals surface area contributed by atoms with Crippen LogP contribution in [-0.2, 0) is 4.74 Å². The minimum atomic E-state index is -0.136. The average Bonchev–Trinajstić information content (AvgIpc) is 2.75. The predicted octanol–water partition coefficient (Wildman–Crippen LogP) is 2.97. The Kier molecular flexibility index (Phi) is 7.29. The minimum Gasteiger partial charge on any atom is -0.447 e. The van der Waals surface area contributed by atoms with Gasteiger partial charge in [-0.05, 0) is 20.8 Å². The van der Waals surface area contributed by atoms with Gasteiger partial charge in [0.1, 0.15) is 6.61 Å². The van der Waals surface area contributed by atoms with Crippen molar-refractivity contribution in [3.63, 3.8) is 0 Å². The van der Waals surface area contributed by atoms with Crippen molar-refractivity contribution in [1.29, 1.82) is 0 Å². The molecule has 0 spiro atoms. The van der Waals surface area contributed by atoms with E-state index in [1.165, 1.54) is 0 Å². The molecule has 0 aliphatic carbocycles. The molecule has 0 bridgehead atoms. The van der Waals surface area contributed by atoms with E-state index in [-0.39, 0.29) is 17.7 Å². The van der Waals surface area contributed by atoms with Crippen LogP contribution in [0.2, 0.25) is 0 Å². The van der Waals surface area contributed by atoms with E-state index >= 15 is 0 Å². The fraction of sp³-hybridized carbons (Fsp3) is 0.929. The summed E-state index contributed by atoms with van der Waals surface area (Å²) in [5.41, 5.74) is 0.192. The van der Waals surface area contributed by atoms with Crippen LogP contribution in [0.1, 0.15) is 48.5 Å². The van der Waals surface area contributed by atoms with Crippen LogP contribution in [0.4, 0.5) is 4.79 Å². The van der Waals surface area contributed by atoms with Gasteiger partial charge < -0.3 is 4.74 Å². The molecule has 2 aliphatic rings. The molecule has 2 saturated heterocycles. The summed E-state index contributed by atoms with van der Waals surface area (Å²) in [6.07, 6.45) is -0.136. The van der Waals surface area contributed by atoms with Crippen LogP contribution >= 0.6 is 0 Å². The number of ether oxygens (including phenoxy) is 1. The minimum absolute atomic E-state index is 0.136. The normalized spacial score (nSPS) is 23.2. The summed E-state index contributed by atoms with van der Waals surface area (Å²) in [6, 6.07) is 0.274. The zero-order chi connectivity index (χ0) is 14.3. The number of carbonyl (C=O) groups is 1. The van der Waals surface area contributed by atoms with Gasteiger partial charge in [-0.25, -0.2) is 4.79 Å². The quantitative estimate of drug-likeness (QED) is 0.669. The molecule has 4 nitrogen and oxygen atoms in total. The van der Waals surface area contributed by atoms with E-state index in [2.05, 4.69) is 25.7 Å². The first kappa shape index (κ1) is 17.2. The fourth-order valence-corrected chi connectivity index (χ4v) is 2.10. The fourth-order valence-electron chi connectivity index (χ4n) is 2.10. The van der Waals surface area contributed by atoms with Gasteiger partial charge in [0, 0.05) is 25.2 Å². The second-order valence-electron chi connectivity index (χ2n) is 5.04. The Bertz CT molecular complexity index is 249. The highest BCUT2D eigenvalue weighted by Gasteiger charge is 2.39. The Balaban J connectivity index is 0.000000659. The van der Waals surface area contributed by atoms with Crippen LogP contribution in [0.3, 0.4) is 0 Å². The summed E-state index contributed by atoms with van der Waals surface area (Å²) in [4.78, 5) is 15.5. The number of nitrogens with zero attached hydrogens (tertiary/aromatic N) is 2. The Morgan fingerprint density at radius 1 is 1.11 bits per heavy atom. The predicted molar refractivity (Wildman–Crippen MR) is 75.9 cm³/mol. The van der Waals surface area contributed by atoms with Gasteiger partial charge in [0.25, 0.3) is 0 Å². The number of hydrogen-bond donors (Lipinski definition) is 0. The molecule has 0 radical (unpaired) electrons. The van der Waals surface area contributed by atoms with Crippen LogP contribution in [-0.4, -0.2) is 53.7 Å². The zero-order valence-corrected chi connectivity index (χ0v) is 13.1. The van der Waals surface area contributed by atoms with Crippen molar-refractivity contribution >= 4 is 6.09 Å². The smallest absolute Gasteiger partial charge is 0.410 e. The van der Waals surface area contributed by atoms with Gasteiger partial charge in [0.2, 0.25) is 0 Å². The van der Waals surface area contributed by atoms with E-state index in [0.717, 1.165) is 19.6 Å². The van der Waals surface area contributed by atoms with Gasteiger partial charge >= 0.3 is 6.09 Å². The topological polar surface area (TPSA) is 32.8 Å². The van der Waals surface area contributed by atoms with Crippen LogP contribution in [0, 0.1) is 0 Å². The standard InChI is InChI=1S/C10H18N2O2.2C2H6/c1-10(2,3)11-4-5-12-8(6-11)7-14-9(12)13;2*1-2/h8H,4-7H2,1-3H3;2*1-2H3/t8-;;/m0../s1. The maximum Gasteiger partial charge on any atom is 0.410 e. The highest BCUT2D eigenvalue weighted by atomic mass is 16.6. The number of carbonyl (C=O) groups excluding carboxylic acids is 1. The maximum atomic E-state index is 11.3. The van der Waals surface area contributed by atoms with E-state index in [1.807, 2.05) is 32.6 Å². The number of rotatable bonds is 0. The third-order valence-electron chi connectivity index (χ3n) is 3.07. The van der Waals surface area contributed by atoms with Crippen molar-refractivity contribution in [2.45, 2.75) is 60.0 Å². The van der Waals surface area contributed by atoms with Crippen molar-refractivity contribution in [1.82, 2.24) is 9.80 Å². The Morgan fingerprint density at radius 3 is 2.17 bits per heavy atom. The Morgan fingerprint density at radius 2 is 1.67 bits per heavy atom. The molecule has 2 heterocycles. The van der Waals surface area contributed by atoms with E-state index in [1.54, 1.807) is 0 Å². The molecule has 0 unspecified atom stereocenters. The second-order valence-corrected chi connectivity index (χ2v) is 5.04. The highest BCUT2D eigenvalue weighted by Crippen LogP contribution is 2.23. The summed E-state index contributed by atoms with van der Waals surface area (Å²) >= 11 is 0. The van der Waals surface area contributed by atoms with Crippen LogP contribution in [0.5, 0.6) is 0 Å². The van der Waals surface area contributed by atoms with Crippen LogP contribution < -0.4 is 0 Å². The first-order valence-corrected chi connectivity index (χ1v) is 7.17. The molecule has 18 heavy (non-hydrogen) atoms. The maximum absolute atomic E-state index is 11.3. The van der Waals surface area contributed by atoms with Crippen molar-refractivity contribution in [2.24, 2.45) is 0 Å². The second kappa shape index (κ2) is 7.62. The summed E-state index contributed by atoms with van der Waals surface area (Å²) in [6.45, 7) is 17.9. The zero-order valence-electron chi connectivity index (χ0n) is 13.1.